The largest absolute Gasteiger partial charge is 0.343 e. The number of carbonyl (C=O) groups excluding carboxylic acids is 1. The topological polar surface area (TPSA) is 25.2 Å². The lowest BCUT2D eigenvalue weighted by Crippen LogP contribution is -2.24. The molecule has 1 heterocycles. The molecule has 0 aliphatic carbocycles. The summed E-state index contributed by atoms with van der Waals surface area (Å²) in [6.45, 7) is 6.00. The van der Waals surface area contributed by atoms with Gasteiger partial charge in [0, 0.05) is 32.0 Å². The molecule has 0 bridgehead atoms. The molecule has 98 valence electrons. The van der Waals surface area contributed by atoms with E-state index in [-0.39, 0.29) is 5.91 Å². The maximum Gasteiger partial charge on any atom is 0.270 e. The number of hydrogen-bond acceptors (Lipinski definition) is 1. The Morgan fingerprint density at radius 2 is 1.72 bits per heavy atom. The standard InChI is InChI=1S/C13H16N2O.C2H6/c1-9-10-7-5-6-8-11(10)15(4)12(9)13(16)14(2)3;1-2/h5-8H,1-4H3;1-2H3. The van der Waals surface area contributed by atoms with E-state index in [2.05, 4.69) is 6.07 Å². The second-order valence-electron chi connectivity index (χ2n) is 4.25. The van der Waals surface area contributed by atoms with Gasteiger partial charge in [0.2, 0.25) is 0 Å². The van der Waals surface area contributed by atoms with Gasteiger partial charge in [-0.1, -0.05) is 32.0 Å². The van der Waals surface area contributed by atoms with Crippen molar-refractivity contribution in [2.75, 3.05) is 14.1 Å². The molecule has 3 nitrogen and oxygen atoms in total. The SMILES string of the molecule is CC.Cc1c(C(=O)N(C)C)n(C)c2ccccc12. The van der Waals surface area contributed by atoms with Crippen LogP contribution >= 0.6 is 0 Å². The second-order valence-corrected chi connectivity index (χ2v) is 4.25. The minimum Gasteiger partial charge on any atom is -0.343 e. The van der Waals surface area contributed by atoms with Gasteiger partial charge in [-0.05, 0) is 18.6 Å². The van der Waals surface area contributed by atoms with E-state index >= 15 is 0 Å². The molecule has 0 aliphatic rings. The molecule has 0 aliphatic heterocycles. The quantitative estimate of drug-likeness (QED) is 0.758. The van der Waals surface area contributed by atoms with Crippen LogP contribution < -0.4 is 0 Å². The Labute approximate surface area is 109 Å². The summed E-state index contributed by atoms with van der Waals surface area (Å²) in [6, 6.07) is 8.08. The van der Waals surface area contributed by atoms with Crippen molar-refractivity contribution in [1.29, 1.82) is 0 Å². The summed E-state index contributed by atoms with van der Waals surface area (Å²) in [7, 11) is 5.49. The maximum absolute atomic E-state index is 12.1. The fourth-order valence-corrected chi connectivity index (χ4v) is 2.10. The molecule has 0 saturated heterocycles. The highest BCUT2D eigenvalue weighted by molar-refractivity contribution is 6.01. The van der Waals surface area contributed by atoms with Crippen LogP contribution in [0.2, 0.25) is 0 Å². The highest BCUT2D eigenvalue weighted by Crippen LogP contribution is 2.24. The zero-order valence-electron chi connectivity index (χ0n) is 12.1. The van der Waals surface area contributed by atoms with Crippen LogP contribution in [-0.2, 0) is 7.05 Å². The molecule has 0 radical (unpaired) electrons. The van der Waals surface area contributed by atoms with E-state index in [1.807, 2.05) is 50.6 Å². The van der Waals surface area contributed by atoms with Gasteiger partial charge in [0.1, 0.15) is 5.69 Å². The number of amides is 1. The third-order valence-electron chi connectivity index (χ3n) is 2.97. The third-order valence-corrected chi connectivity index (χ3v) is 2.97. The van der Waals surface area contributed by atoms with E-state index in [4.69, 9.17) is 0 Å². The van der Waals surface area contributed by atoms with Crippen LogP contribution in [0.25, 0.3) is 10.9 Å². The zero-order valence-corrected chi connectivity index (χ0v) is 12.1. The lowest BCUT2D eigenvalue weighted by atomic mass is 10.1. The van der Waals surface area contributed by atoms with Gasteiger partial charge in [-0.3, -0.25) is 4.79 Å². The molecule has 3 heteroatoms. The number of aryl methyl sites for hydroxylation is 2. The van der Waals surface area contributed by atoms with E-state index in [9.17, 15) is 4.79 Å². The van der Waals surface area contributed by atoms with E-state index in [0.717, 1.165) is 22.2 Å². The van der Waals surface area contributed by atoms with Crippen molar-refractivity contribution >= 4 is 16.8 Å². The first kappa shape index (κ1) is 14.3. The number of benzene rings is 1. The summed E-state index contributed by atoms with van der Waals surface area (Å²) in [6.07, 6.45) is 0. The average Bonchev–Trinajstić information content (AvgIpc) is 2.64. The number of aromatic nitrogens is 1. The second kappa shape index (κ2) is 5.71. The molecule has 2 aromatic rings. The summed E-state index contributed by atoms with van der Waals surface area (Å²) < 4.78 is 1.97. The first-order valence-corrected chi connectivity index (χ1v) is 6.29. The Hall–Kier alpha value is -1.77. The van der Waals surface area contributed by atoms with Crippen molar-refractivity contribution in [3.05, 3.63) is 35.5 Å². The molecular weight excluding hydrogens is 224 g/mol. The summed E-state index contributed by atoms with van der Waals surface area (Å²) in [5, 5.41) is 1.15. The van der Waals surface area contributed by atoms with Crippen LogP contribution in [0, 0.1) is 6.92 Å². The van der Waals surface area contributed by atoms with Crippen molar-refractivity contribution in [1.82, 2.24) is 9.47 Å². The lowest BCUT2D eigenvalue weighted by molar-refractivity contribution is 0.0818. The lowest BCUT2D eigenvalue weighted by Gasteiger charge is -2.12. The molecule has 1 aromatic heterocycles. The fraction of sp³-hybridized carbons (Fsp3) is 0.400. The van der Waals surface area contributed by atoms with Crippen LogP contribution in [0.1, 0.15) is 29.9 Å². The summed E-state index contributed by atoms with van der Waals surface area (Å²) >= 11 is 0. The number of hydrogen-bond donors (Lipinski definition) is 0. The monoisotopic (exact) mass is 246 g/mol. The molecule has 2 rings (SSSR count). The number of nitrogens with zero attached hydrogens (tertiary/aromatic N) is 2. The number of rotatable bonds is 1. The molecule has 0 atom stereocenters. The first-order chi connectivity index (χ1) is 8.54. The van der Waals surface area contributed by atoms with E-state index < -0.39 is 0 Å². The van der Waals surface area contributed by atoms with E-state index in [1.165, 1.54) is 0 Å². The van der Waals surface area contributed by atoms with Crippen molar-refractivity contribution in [3.8, 4) is 0 Å². The molecule has 0 N–H and O–H groups in total. The molecule has 0 saturated carbocycles. The molecule has 1 aromatic carbocycles. The van der Waals surface area contributed by atoms with Crippen LogP contribution in [0.3, 0.4) is 0 Å². The van der Waals surface area contributed by atoms with Crippen molar-refractivity contribution < 1.29 is 4.79 Å². The van der Waals surface area contributed by atoms with Gasteiger partial charge in [0.05, 0.1) is 0 Å². The normalized spacial score (nSPS) is 9.89. The van der Waals surface area contributed by atoms with Gasteiger partial charge in [-0.25, -0.2) is 0 Å². The van der Waals surface area contributed by atoms with Gasteiger partial charge >= 0.3 is 0 Å². The smallest absolute Gasteiger partial charge is 0.270 e. The van der Waals surface area contributed by atoms with Gasteiger partial charge in [-0.2, -0.15) is 0 Å². The van der Waals surface area contributed by atoms with Crippen LogP contribution in [0.15, 0.2) is 24.3 Å². The maximum atomic E-state index is 12.1. The van der Waals surface area contributed by atoms with Crippen LogP contribution in [-0.4, -0.2) is 29.5 Å². The minimum absolute atomic E-state index is 0.0520. The molecular formula is C15H22N2O. The molecule has 0 unspecified atom stereocenters. The predicted octanol–water partition coefficient (Wildman–Crippen LogP) is 3.21. The highest BCUT2D eigenvalue weighted by Gasteiger charge is 2.18. The van der Waals surface area contributed by atoms with E-state index in [1.54, 1.807) is 19.0 Å². The summed E-state index contributed by atoms with van der Waals surface area (Å²) in [4.78, 5) is 13.7. The highest BCUT2D eigenvalue weighted by atomic mass is 16.2. The minimum atomic E-state index is 0.0520. The molecule has 0 spiro atoms. The fourth-order valence-electron chi connectivity index (χ4n) is 2.10. The molecule has 0 fully saturated rings. The third kappa shape index (κ3) is 2.26. The van der Waals surface area contributed by atoms with Gasteiger partial charge in [-0.15, -0.1) is 0 Å². The van der Waals surface area contributed by atoms with E-state index in [0.29, 0.717) is 0 Å². The Morgan fingerprint density at radius 3 is 2.22 bits per heavy atom. The number of para-hydroxylation sites is 1. The Morgan fingerprint density at radius 1 is 1.17 bits per heavy atom. The van der Waals surface area contributed by atoms with Crippen molar-refractivity contribution in [2.45, 2.75) is 20.8 Å². The number of carbonyl (C=O) groups is 1. The summed E-state index contributed by atoms with van der Waals surface area (Å²) in [5.41, 5.74) is 2.92. The zero-order chi connectivity index (χ0) is 13.9. The van der Waals surface area contributed by atoms with Gasteiger partial charge in [0.15, 0.2) is 0 Å². The predicted molar refractivity (Wildman–Crippen MR) is 77.0 cm³/mol. The Bertz CT molecular complexity index is 514. The van der Waals surface area contributed by atoms with Crippen molar-refractivity contribution in [3.63, 3.8) is 0 Å². The molecule has 18 heavy (non-hydrogen) atoms. The van der Waals surface area contributed by atoms with Crippen molar-refractivity contribution in [2.24, 2.45) is 7.05 Å². The van der Waals surface area contributed by atoms with Crippen LogP contribution in [0.4, 0.5) is 0 Å². The Kier molecular flexibility index (Phi) is 4.54. The number of fused-ring (bicyclic) bond motifs is 1. The first-order valence-electron chi connectivity index (χ1n) is 6.29. The summed E-state index contributed by atoms with van der Waals surface area (Å²) in [5.74, 6) is 0.0520. The molecule has 1 amide bonds. The van der Waals surface area contributed by atoms with Crippen LogP contribution in [0.5, 0.6) is 0 Å². The average molecular weight is 246 g/mol. The van der Waals surface area contributed by atoms with Gasteiger partial charge in [0.25, 0.3) is 5.91 Å². The van der Waals surface area contributed by atoms with Gasteiger partial charge < -0.3 is 9.47 Å². The Balaban J connectivity index is 0.000000771.